The molecule has 2 amide bonds. The lowest BCUT2D eigenvalue weighted by Gasteiger charge is -2.17. The molecule has 33 heavy (non-hydrogen) atoms. The molecule has 1 aliphatic rings. The van der Waals surface area contributed by atoms with Crippen molar-refractivity contribution < 1.29 is 14.0 Å². The summed E-state index contributed by atoms with van der Waals surface area (Å²) < 4.78 is 13.5. The molecule has 0 saturated heterocycles. The number of thioether (sulfide) groups is 1. The summed E-state index contributed by atoms with van der Waals surface area (Å²) in [6.45, 7) is 3.89. The molecule has 1 aliphatic heterocycles. The third kappa shape index (κ3) is 5.38. The molecule has 0 saturated carbocycles. The van der Waals surface area contributed by atoms with Gasteiger partial charge >= 0.3 is 0 Å². The molecule has 7 heteroatoms. The van der Waals surface area contributed by atoms with Crippen molar-refractivity contribution in [3.05, 3.63) is 101 Å². The van der Waals surface area contributed by atoms with Crippen LogP contribution in [0.4, 0.5) is 15.8 Å². The molecule has 0 aromatic heterocycles. The van der Waals surface area contributed by atoms with E-state index in [0.717, 1.165) is 34.1 Å². The lowest BCUT2D eigenvalue weighted by Crippen LogP contribution is -2.31. The minimum atomic E-state index is -0.399. The second kappa shape index (κ2) is 9.83. The van der Waals surface area contributed by atoms with Crippen LogP contribution in [0.2, 0.25) is 0 Å². The Bertz CT molecular complexity index is 1250. The molecule has 1 N–H and O–H groups in total. The van der Waals surface area contributed by atoms with E-state index in [2.05, 4.69) is 10.3 Å². The number of carbonyl (C=O) groups is 2. The van der Waals surface area contributed by atoms with Crippen LogP contribution in [-0.2, 0) is 9.59 Å². The zero-order valence-corrected chi connectivity index (χ0v) is 19.0. The van der Waals surface area contributed by atoms with Crippen LogP contribution in [0, 0.1) is 19.7 Å². The number of nitrogens with zero attached hydrogens (tertiary/aromatic N) is 2. The Morgan fingerprint density at radius 1 is 1.06 bits per heavy atom. The van der Waals surface area contributed by atoms with Crippen molar-refractivity contribution in [3.8, 4) is 0 Å². The van der Waals surface area contributed by atoms with Gasteiger partial charge in [-0.25, -0.2) is 9.38 Å². The van der Waals surface area contributed by atoms with Gasteiger partial charge in [0.25, 0.3) is 5.91 Å². The number of benzene rings is 3. The van der Waals surface area contributed by atoms with Crippen LogP contribution in [0.3, 0.4) is 0 Å². The fourth-order valence-corrected chi connectivity index (χ4v) is 4.12. The van der Waals surface area contributed by atoms with E-state index in [1.54, 1.807) is 6.08 Å². The van der Waals surface area contributed by atoms with Gasteiger partial charge in [-0.3, -0.25) is 14.5 Å². The molecule has 5 nitrogen and oxygen atoms in total. The van der Waals surface area contributed by atoms with Gasteiger partial charge in [-0.05, 0) is 66.9 Å². The van der Waals surface area contributed by atoms with Crippen molar-refractivity contribution in [2.75, 3.05) is 16.0 Å². The number of aliphatic imine (C=N–C) groups is 1. The first-order valence-corrected chi connectivity index (χ1v) is 11.3. The minimum absolute atomic E-state index is 0.0653. The first-order chi connectivity index (χ1) is 15.9. The van der Waals surface area contributed by atoms with Gasteiger partial charge in [0.2, 0.25) is 5.91 Å². The van der Waals surface area contributed by atoms with Crippen LogP contribution in [0.25, 0.3) is 6.08 Å². The summed E-state index contributed by atoms with van der Waals surface area (Å²) in [5.41, 5.74) is 4.34. The summed E-state index contributed by atoms with van der Waals surface area (Å²) >= 11 is 1.16. The maximum Gasteiger partial charge on any atom is 0.283 e. The van der Waals surface area contributed by atoms with Crippen LogP contribution in [0.1, 0.15) is 16.7 Å². The van der Waals surface area contributed by atoms with E-state index >= 15 is 0 Å². The van der Waals surface area contributed by atoms with Crippen LogP contribution >= 0.6 is 11.8 Å². The smallest absolute Gasteiger partial charge is 0.283 e. The van der Waals surface area contributed by atoms with Crippen molar-refractivity contribution in [1.82, 2.24) is 0 Å². The average molecular weight is 460 g/mol. The third-order valence-electron chi connectivity index (χ3n) is 5.02. The Morgan fingerprint density at radius 3 is 2.52 bits per heavy atom. The van der Waals surface area contributed by atoms with Crippen molar-refractivity contribution >= 4 is 46.2 Å². The number of anilines is 2. The highest BCUT2D eigenvalue weighted by atomic mass is 32.2. The Morgan fingerprint density at radius 2 is 1.79 bits per heavy atom. The predicted octanol–water partition coefficient (Wildman–Crippen LogP) is 5.56. The number of carbonyl (C=O) groups excluding carboxylic acids is 2. The number of nitrogens with one attached hydrogen (secondary N) is 1. The van der Waals surface area contributed by atoms with Gasteiger partial charge in [-0.15, -0.1) is 0 Å². The van der Waals surface area contributed by atoms with Crippen molar-refractivity contribution in [1.29, 1.82) is 0 Å². The van der Waals surface area contributed by atoms with Crippen LogP contribution in [-0.4, -0.2) is 22.7 Å². The number of rotatable bonds is 5. The van der Waals surface area contributed by atoms with Gasteiger partial charge in [-0.2, -0.15) is 0 Å². The number of amidine groups is 1. The Kier molecular flexibility index (Phi) is 6.70. The summed E-state index contributed by atoms with van der Waals surface area (Å²) in [6, 6.07) is 20.9. The monoisotopic (exact) mass is 459 g/mol. The standard InChI is InChI=1S/C26H22FN3O2S/c1-17-8-9-18(2)22(14-17)28-24(31)16-33-26-29-23(15-19-6-4-3-5-7-19)25(32)30(26)21-12-10-20(27)11-13-21/h3-15H,16H2,1-2H3,(H,28,31)/b23-15-. The molecule has 0 aliphatic carbocycles. The Labute approximate surface area is 196 Å². The zero-order chi connectivity index (χ0) is 23.4. The normalized spacial score (nSPS) is 14.5. The highest BCUT2D eigenvalue weighted by Crippen LogP contribution is 2.30. The Balaban J connectivity index is 1.56. The summed E-state index contributed by atoms with van der Waals surface area (Å²) in [5, 5.41) is 3.28. The fourth-order valence-electron chi connectivity index (χ4n) is 3.31. The molecule has 3 aromatic rings. The first-order valence-electron chi connectivity index (χ1n) is 10.4. The molecule has 4 rings (SSSR count). The molecular weight excluding hydrogens is 437 g/mol. The topological polar surface area (TPSA) is 61.8 Å². The van der Waals surface area contributed by atoms with Crippen LogP contribution in [0.15, 0.2) is 83.5 Å². The number of halogens is 1. The second-order valence-corrected chi connectivity index (χ2v) is 8.55. The van der Waals surface area contributed by atoms with Crippen LogP contribution < -0.4 is 10.2 Å². The molecule has 166 valence electrons. The van der Waals surface area contributed by atoms with E-state index in [1.807, 2.05) is 62.4 Å². The van der Waals surface area contributed by atoms with E-state index in [4.69, 9.17) is 0 Å². The molecule has 0 fully saturated rings. The van der Waals surface area contributed by atoms with Gasteiger partial charge in [0.05, 0.1) is 11.4 Å². The SMILES string of the molecule is Cc1ccc(C)c(NC(=O)CSC2=N/C(=C\c3ccccc3)C(=O)N2c2ccc(F)cc2)c1. The van der Waals surface area contributed by atoms with E-state index in [-0.39, 0.29) is 23.3 Å². The number of hydrogen-bond acceptors (Lipinski definition) is 4. The Hall–Kier alpha value is -3.71. The lowest BCUT2D eigenvalue weighted by atomic mass is 10.1. The third-order valence-corrected chi connectivity index (χ3v) is 5.96. The molecule has 3 aromatic carbocycles. The van der Waals surface area contributed by atoms with E-state index in [0.29, 0.717) is 10.9 Å². The lowest BCUT2D eigenvalue weighted by molar-refractivity contribution is -0.114. The first kappa shape index (κ1) is 22.5. The average Bonchev–Trinajstić information content (AvgIpc) is 3.11. The summed E-state index contributed by atoms with van der Waals surface area (Å²) in [5.74, 6) is -0.869. The van der Waals surface area contributed by atoms with Gasteiger partial charge < -0.3 is 5.32 Å². The van der Waals surface area contributed by atoms with Gasteiger partial charge in [0.15, 0.2) is 5.17 Å². The molecule has 1 heterocycles. The van der Waals surface area contributed by atoms with Gasteiger partial charge in [-0.1, -0.05) is 54.2 Å². The quantitative estimate of drug-likeness (QED) is 0.508. The van der Waals surface area contributed by atoms with E-state index in [9.17, 15) is 14.0 Å². The number of hydrogen-bond donors (Lipinski definition) is 1. The van der Waals surface area contributed by atoms with Crippen molar-refractivity contribution in [2.24, 2.45) is 4.99 Å². The van der Waals surface area contributed by atoms with Crippen molar-refractivity contribution in [3.63, 3.8) is 0 Å². The maximum atomic E-state index is 13.5. The molecule has 0 unspecified atom stereocenters. The number of aryl methyl sites for hydroxylation is 2. The van der Waals surface area contributed by atoms with Crippen LogP contribution in [0.5, 0.6) is 0 Å². The molecule has 0 bridgehead atoms. The zero-order valence-electron chi connectivity index (χ0n) is 18.2. The molecule has 0 atom stereocenters. The highest BCUT2D eigenvalue weighted by molar-refractivity contribution is 8.14. The summed E-state index contributed by atoms with van der Waals surface area (Å²) in [6.07, 6.45) is 1.70. The molecule has 0 radical (unpaired) electrons. The predicted molar refractivity (Wildman–Crippen MR) is 133 cm³/mol. The minimum Gasteiger partial charge on any atom is -0.325 e. The maximum absolute atomic E-state index is 13.5. The molecule has 0 spiro atoms. The largest absolute Gasteiger partial charge is 0.325 e. The van der Waals surface area contributed by atoms with E-state index in [1.165, 1.54) is 29.2 Å². The highest BCUT2D eigenvalue weighted by Gasteiger charge is 2.32. The van der Waals surface area contributed by atoms with Gasteiger partial charge in [0, 0.05) is 5.69 Å². The van der Waals surface area contributed by atoms with E-state index < -0.39 is 5.82 Å². The summed E-state index contributed by atoms with van der Waals surface area (Å²) in [7, 11) is 0. The van der Waals surface area contributed by atoms with Gasteiger partial charge in [0.1, 0.15) is 11.5 Å². The molecular formula is C26H22FN3O2S. The summed E-state index contributed by atoms with van der Waals surface area (Å²) in [4.78, 5) is 31.7. The number of amides is 2. The second-order valence-electron chi connectivity index (χ2n) is 7.61. The fraction of sp³-hybridized carbons (Fsp3) is 0.115. The van der Waals surface area contributed by atoms with Crippen molar-refractivity contribution in [2.45, 2.75) is 13.8 Å².